The second-order valence-corrected chi connectivity index (χ2v) is 11.0. The van der Waals surface area contributed by atoms with E-state index in [-0.39, 0.29) is 5.92 Å². The lowest BCUT2D eigenvalue weighted by molar-refractivity contribution is 0.453. The van der Waals surface area contributed by atoms with E-state index in [0.717, 1.165) is 73.3 Å². The molecule has 1 heterocycles. The average Bonchev–Trinajstić information content (AvgIpc) is 2.95. The highest BCUT2D eigenvalue weighted by molar-refractivity contribution is 6.51. The molecule has 0 aromatic heterocycles. The van der Waals surface area contributed by atoms with Gasteiger partial charge in [-0.3, -0.25) is 0 Å². The molecular weight excluding hydrogens is 572 g/mol. The minimum atomic E-state index is -0.305. The van der Waals surface area contributed by atoms with Crippen LogP contribution in [-0.2, 0) is 0 Å². The van der Waals surface area contributed by atoms with E-state index in [1.165, 1.54) is 0 Å². The van der Waals surface area contributed by atoms with Gasteiger partial charge in [-0.05, 0) is 53.7 Å². The zero-order valence-electron chi connectivity index (χ0n) is 23.5. The minimum absolute atomic E-state index is 0.305. The molecule has 4 nitrogen and oxygen atoms in total. The van der Waals surface area contributed by atoms with Crippen molar-refractivity contribution in [2.45, 2.75) is 47.5 Å². The van der Waals surface area contributed by atoms with Gasteiger partial charge in [0.15, 0.2) is 0 Å². The molecule has 0 fully saturated rings. The van der Waals surface area contributed by atoms with Crippen LogP contribution in [0.15, 0.2) is 36.4 Å². The van der Waals surface area contributed by atoms with E-state index < -0.39 is 0 Å². The standard InChI is InChI=1S/C31H37Cl4N3O/c1-7-36(8-2)19-13-15-21-23(17-19)39-24-18-20(37(9-3)10-4)14-16-22(24)25(21)26-27(32)29(34)31(30(35)28(26)33)38(11-5)12-6/h13-18,25H,7-12H2,1-6H3. The first-order valence-electron chi connectivity index (χ1n) is 13.8. The van der Waals surface area contributed by atoms with Crippen LogP contribution >= 0.6 is 46.4 Å². The summed E-state index contributed by atoms with van der Waals surface area (Å²) in [6, 6.07) is 12.7. The average molecular weight is 609 g/mol. The third-order valence-electron chi connectivity index (χ3n) is 7.74. The highest BCUT2D eigenvalue weighted by Gasteiger charge is 2.35. The molecule has 0 spiro atoms. The number of anilines is 3. The maximum Gasteiger partial charge on any atom is 0.133 e. The fraction of sp³-hybridized carbons (Fsp3) is 0.419. The van der Waals surface area contributed by atoms with Gasteiger partial charge < -0.3 is 19.4 Å². The summed E-state index contributed by atoms with van der Waals surface area (Å²) in [5, 5.41) is 1.66. The lowest BCUT2D eigenvalue weighted by Crippen LogP contribution is -2.24. The smallest absolute Gasteiger partial charge is 0.133 e. The van der Waals surface area contributed by atoms with E-state index >= 15 is 0 Å². The molecule has 3 aromatic carbocycles. The quantitative estimate of drug-likeness (QED) is 0.167. The van der Waals surface area contributed by atoms with Crippen molar-refractivity contribution >= 4 is 63.5 Å². The van der Waals surface area contributed by atoms with Gasteiger partial charge in [0, 0.05) is 85.4 Å². The van der Waals surface area contributed by atoms with Crippen LogP contribution in [0.5, 0.6) is 11.5 Å². The van der Waals surface area contributed by atoms with Crippen LogP contribution in [0.1, 0.15) is 64.2 Å². The first kappa shape index (κ1) is 30.0. The predicted octanol–water partition coefficient (Wildman–Crippen LogP) is 10.1. The maximum atomic E-state index is 7.09. The molecule has 8 heteroatoms. The normalized spacial score (nSPS) is 12.6. The van der Waals surface area contributed by atoms with E-state index in [0.29, 0.717) is 31.3 Å². The lowest BCUT2D eigenvalue weighted by Gasteiger charge is -2.34. The first-order chi connectivity index (χ1) is 18.8. The lowest BCUT2D eigenvalue weighted by atomic mass is 9.82. The van der Waals surface area contributed by atoms with Crippen LogP contribution in [0.4, 0.5) is 17.1 Å². The molecule has 3 aromatic rings. The second kappa shape index (κ2) is 12.7. The molecule has 1 aliphatic rings. The molecular formula is C31H37Cl4N3O. The Labute approximate surface area is 253 Å². The van der Waals surface area contributed by atoms with Crippen LogP contribution in [0.2, 0.25) is 20.1 Å². The molecule has 0 bridgehead atoms. The van der Waals surface area contributed by atoms with E-state index in [9.17, 15) is 0 Å². The fourth-order valence-electron chi connectivity index (χ4n) is 5.58. The largest absolute Gasteiger partial charge is 0.457 e. The molecule has 0 unspecified atom stereocenters. The van der Waals surface area contributed by atoms with Crippen molar-refractivity contribution in [3.05, 3.63) is 73.2 Å². The SMILES string of the molecule is CCN(CC)c1ccc2c(c1)Oc1cc(N(CC)CC)ccc1C2c1c(Cl)c(Cl)c(N(CC)CC)c(Cl)c1Cl. The highest BCUT2D eigenvalue weighted by atomic mass is 35.5. The Hall–Kier alpha value is -1.98. The summed E-state index contributed by atoms with van der Waals surface area (Å²) in [5.74, 6) is 1.25. The molecule has 1 aliphatic heterocycles. The number of hydrogen-bond acceptors (Lipinski definition) is 4. The number of hydrogen-bond donors (Lipinski definition) is 0. The summed E-state index contributed by atoms with van der Waals surface area (Å²) in [6.07, 6.45) is 0. The second-order valence-electron chi connectivity index (χ2n) is 9.51. The molecule has 0 atom stereocenters. The van der Waals surface area contributed by atoms with Crippen molar-refractivity contribution in [3.8, 4) is 11.5 Å². The number of rotatable bonds is 10. The Balaban J connectivity index is 2.00. The van der Waals surface area contributed by atoms with Gasteiger partial charge in [0.2, 0.25) is 0 Å². The van der Waals surface area contributed by atoms with Gasteiger partial charge in [-0.1, -0.05) is 58.5 Å². The summed E-state index contributed by atoms with van der Waals surface area (Å²) in [7, 11) is 0. The van der Waals surface area contributed by atoms with Crippen LogP contribution in [0.25, 0.3) is 0 Å². The molecule has 210 valence electrons. The Morgan fingerprint density at radius 1 is 0.564 bits per heavy atom. The summed E-state index contributed by atoms with van der Waals surface area (Å²) < 4.78 is 6.61. The molecule has 0 saturated heterocycles. The first-order valence-corrected chi connectivity index (χ1v) is 15.3. The fourth-order valence-corrected chi connectivity index (χ4v) is 6.89. The van der Waals surface area contributed by atoms with Crippen molar-refractivity contribution in [2.75, 3.05) is 54.0 Å². The van der Waals surface area contributed by atoms with E-state index in [2.05, 4.69) is 92.6 Å². The maximum absolute atomic E-state index is 7.09. The van der Waals surface area contributed by atoms with E-state index in [4.69, 9.17) is 51.1 Å². The van der Waals surface area contributed by atoms with Gasteiger partial charge in [0.1, 0.15) is 11.5 Å². The summed E-state index contributed by atoms with van der Waals surface area (Å²) in [5.41, 5.74) is 5.52. The Morgan fingerprint density at radius 2 is 0.949 bits per heavy atom. The number of fused-ring (bicyclic) bond motifs is 2. The molecule has 4 rings (SSSR count). The minimum Gasteiger partial charge on any atom is -0.457 e. The summed E-state index contributed by atoms with van der Waals surface area (Å²) >= 11 is 28.1. The molecule has 0 N–H and O–H groups in total. The zero-order valence-corrected chi connectivity index (χ0v) is 26.6. The van der Waals surface area contributed by atoms with Crippen molar-refractivity contribution in [3.63, 3.8) is 0 Å². The number of nitrogens with zero attached hydrogens (tertiary/aromatic N) is 3. The van der Waals surface area contributed by atoms with Gasteiger partial charge >= 0.3 is 0 Å². The van der Waals surface area contributed by atoms with Crippen molar-refractivity contribution in [1.82, 2.24) is 0 Å². The van der Waals surface area contributed by atoms with Crippen molar-refractivity contribution in [1.29, 1.82) is 0 Å². The summed E-state index contributed by atoms with van der Waals surface area (Å²) in [4.78, 5) is 6.67. The molecule has 0 amide bonds. The van der Waals surface area contributed by atoms with Gasteiger partial charge in [-0.25, -0.2) is 0 Å². The van der Waals surface area contributed by atoms with Crippen LogP contribution in [0, 0.1) is 0 Å². The topological polar surface area (TPSA) is 19.0 Å². The van der Waals surface area contributed by atoms with Gasteiger partial charge in [-0.2, -0.15) is 0 Å². The molecule has 0 saturated carbocycles. The van der Waals surface area contributed by atoms with E-state index in [1.807, 2.05) is 0 Å². The van der Waals surface area contributed by atoms with Gasteiger partial charge in [0.25, 0.3) is 0 Å². The number of halogens is 4. The van der Waals surface area contributed by atoms with Gasteiger partial charge in [-0.15, -0.1) is 0 Å². The van der Waals surface area contributed by atoms with Crippen molar-refractivity contribution < 1.29 is 4.74 Å². The zero-order chi connectivity index (χ0) is 28.4. The van der Waals surface area contributed by atoms with E-state index in [1.54, 1.807) is 0 Å². The third-order valence-corrected chi connectivity index (χ3v) is 9.45. The van der Waals surface area contributed by atoms with Crippen LogP contribution in [0.3, 0.4) is 0 Å². The predicted molar refractivity (Wildman–Crippen MR) is 171 cm³/mol. The Bertz CT molecular complexity index is 1240. The summed E-state index contributed by atoms with van der Waals surface area (Å²) in [6.45, 7) is 17.8. The Kier molecular flexibility index (Phi) is 9.75. The third kappa shape index (κ3) is 5.38. The van der Waals surface area contributed by atoms with Crippen LogP contribution in [-0.4, -0.2) is 39.3 Å². The molecule has 39 heavy (non-hydrogen) atoms. The Morgan fingerprint density at radius 3 is 1.31 bits per heavy atom. The monoisotopic (exact) mass is 607 g/mol. The number of benzene rings is 3. The van der Waals surface area contributed by atoms with Crippen LogP contribution < -0.4 is 19.4 Å². The number of ether oxygens (including phenoxy) is 1. The highest BCUT2D eigenvalue weighted by Crippen LogP contribution is 2.56. The molecule has 0 radical (unpaired) electrons. The molecule has 0 aliphatic carbocycles. The van der Waals surface area contributed by atoms with Crippen molar-refractivity contribution in [2.24, 2.45) is 0 Å². The van der Waals surface area contributed by atoms with Gasteiger partial charge in [0.05, 0.1) is 25.8 Å².